The average molecular weight is 491 g/mol. The molecule has 5 nitrogen and oxygen atoms in total. The first-order valence-electron chi connectivity index (χ1n) is 12.7. The van der Waals surface area contributed by atoms with E-state index in [9.17, 15) is 4.79 Å². The van der Waals surface area contributed by atoms with Crippen LogP contribution in [0.5, 0.6) is 5.75 Å². The number of nitrogens with zero attached hydrogens (tertiary/aromatic N) is 2. The predicted molar refractivity (Wildman–Crippen MR) is 148 cm³/mol. The van der Waals surface area contributed by atoms with Crippen LogP contribution in [-0.4, -0.2) is 29.2 Å². The maximum absolute atomic E-state index is 11.3. The van der Waals surface area contributed by atoms with Gasteiger partial charge in [-0.05, 0) is 54.7 Å². The van der Waals surface area contributed by atoms with Gasteiger partial charge >= 0.3 is 5.97 Å². The minimum atomic E-state index is -0.161. The molecule has 186 valence electrons. The van der Waals surface area contributed by atoms with Crippen LogP contribution in [0.2, 0.25) is 0 Å². The third kappa shape index (κ3) is 5.72. The second-order valence-electron chi connectivity index (χ2n) is 8.94. The van der Waals surface area contributed by atoms with E-state index in [1.54, 1.807) is 0 Å². The van der Waals surface area contributed by atoms with Gasteiger partial charge in [0.1, 0.15) is 11.6 Å². The van der Waals surface area contributed by atoms with Crippen molar-refractivity contribution in [3.63, 3.8) is 0 Å². The van der Waals surface area contributed by atoms with Crippen molar-refractivity contribution < 1.29 is 14.3 Å². The minimum absolute atomic E-state index is 0.161. The van der Waals surface area contributed by atoms with Crippen molar-refractivity contribution in [3.8, 4) is 34.0 Å². The van der Waals surface area contributed by atoms with Crippen LogP contribution in [0.25, 0.3) is 39.2 Å². The number of unbranched alkanes of at least 4 members (excludes halogenated alkanes) is 2. The number of aromatic nitrogens is 2. The summed E-state index contributed by atoms with van der Waals surface area (Å²) in [5.41, 5.74) is 6.37. The predicted octanol–water partition coefficient (Wildman–Crippen LogP) is 7.47. The van der Waals surface area contributed by atoms with E-state index in [0.717, 1.165) is 53.1 Å². The number of rotatable bonds is 10. The quantitative estimate of drug-likeness (QED) is 0.150. The van der Waals surface area contributed by atoms with Crippen LogP contribution < -0.4 is 4.74 Å². The first-order valence-corrected chi connectivity index (χ1v) is 12.7. The molecule has 0 N–H and O–H groups in total. The second kappa shape index (κ2) is 11.6. The lowest BCUT2D eigenvalue weighted by atomic mass is 10.1. The normalized spacial score (nSPS) is 10.9. The molecule has 0 bridgehead atoms. The minimum Gasteiger partial charge on any atom is -0.494 e. The number of fused-ring (bicyclic) bond motifs is 1. The molecule has 0 unspecified atom stereocenters. The molecule has 0 spiro atoms. The summed E-state index contributed by atoms with van der Waals surface area (Å²) in [5.74, 6) is 1.54. The Labute approximate surface area is 217 Å². The van der Waals surface area contributed by atoms with E-state index in [-0.39, 0.29) is 5.97 Å². The van der Waals surface area contributed by atoms with Crippen LogP contribution >= 0.6 is 0 Å². The van der Waals surface area contributed by atoms with E-state index < -0.39 is 0 Å². The van der Waals surface area contributed by atoms with Crippen molar-refractivity contribution in [2.75, 3.05) is 13.7 Å². The Morgan fingerprint density at radius 2 is 1.43 bits per heavy atom. The molecular formula is C32H30N2O3. The van der Waals surface area contributed by atoms with Gasteiger partial charge in [0.2, 0.25) is 0 Å². The molecule has 0 atom stereocenters. The monoisotopic (exact) mass is 490 g/mol. The summed E-state index contributed by atoms with van der Waals surface area (Å²) < 4.78 is 13.0. The van der Waals surface area contributed by atoms with E-state index in [0.29, 0.717) is 13.0 Å². The molecule has 37 heavy (non-hydrogen) atoms. The molecule has 5 rings (SSSR count). The molecule has 1 aromatic heterocycles. The van der Waals surface area contributed by atoms with Crippen molar-refractivity contribution in [2.24, 2.45) is 0 Å². The van der Waals surface area contributed by atoms with Gasteiger partial charge in [0.25, 0.3) is 0 Å². The molecule has 5 heteroatoms. The Balaban J connectivity index is 1.43. The Hall–Kier alpha value is -4.38. The van der Waals surface area contributed by atoms with Gasteiger partial charge in [-0.3, -0.25) is 9.36 Å². The van der Waals surface area contributed by atoms with E-state index in [2.05, 4.69) is 71.3 Å². The highest BCUT2D eigenvalue weighted by Crippen LogP contribution is 2.32. The maximum atomic E-state index is 11.3. The van der Waals surface area contributed by atoms with E-state index in [1.807, 2.05) is 36.4 Å². The SMILES string of the molecule is COC(=O)CCCCCOc1ccc2nc(-c3ccccc3)n(-c3ccc(-c4ccccc4)cc3)c2c1. The van der Waals surface area contributed by atoms with Gasteiger partial charge in [0, 0.05) is 23.7 Å². The zero-order valence-electron chi connectivity index (χ0n) is 21.0. The molecule has 0 amide bonds. The number of methoxy groups -OCH3 is 1. The van der Waals surface area contributed by atoms with Crippen LogP contribution in [-0.2, 0) is 9.53 Å². The Bertz CT molecular complexity index is 1460. The van der Waals surface area contributed by atoms with Crippen LogP contribution in [0.1, 0.15) is 25.7 Å². The van der Waals surface area contributed by atoms with Gasteiger partial charge in [-0.15, -0.1) is 0 Å². The van der Waals surface area contributed by atoms with Crippen LogP contribution in [0, 0.1) is 0 Å². The van der Waals surface area contributed by atoms with Crippen LogP contribution in [0.4, 0.5) is 0 Å². The Morgan fingerprint density at radius 1 is 0.757 bits per heavy atom. The second-order valence-corrected chi connectivity index (χ2v) is 8.94. The zero-order chi connectivity index (χ0) is 25.5. The summed E-state index contributed by atoms with van der Waals surface area (Å²) in [5, 5.41) is 0. The van der Waals surface area contributed by atoms with Crippen molar-refractivity contribution in [3.05, 3.63) is 103 Å². The number of hydrogen-bond acceptors (Lipinski definition) is 4. The maximum Gasteiger partial charge on any atom is 0.305 e. The standard InChI is InChI=1S/C32H30N2O3/c1-36-31(35)15-9-4-10-22-37-28-20-21-29-30(23-28)34(32(33-29)26-13-7-3-8-14-26)27-18-16-25(17-19-27)24-11-5-2-6-12-24/h2-3,5-8,11-14,16-21,23H,4,9-10,15,22H2,1H3. The zero-order valence-corrected chi connectivity index (χ0v) is 21.0. The van der Waals surface area contributed by atoms with E-state index >= 15 is 0 Å². The van der Waals surface area contributed by atoms with Crippen molar-refractivity contribution >= 4 is 17.0 Å². The molecule has 5 aromatic rings. The van der Waals surface area contributed by atoms with E-state index in [1.165, 1.54) is 18.2 Å². The lowest BCUT2D eigenvalue weighted by Gasteiger charge is -2.12. The summed E-state index contributed by atoms with van der Waals surface area (Å²) >= 11 is 0. The molecular weight excluding hydrogens is 460 g/mol. The number of carbonyl (C=O) groups is 1. The topological polar surface area (TPSA) is 53.4 Å². The molecule has 1 heterocycles. The average Bonchev–Trinajstić information content (AvgIpc) is 3.34. The van der Waals surface area contributed by atoms with Gasteiger partial charge in [-0.2, -0.15) is 0 Å². The molecule has 0 radical (unpaired) electrons. The van der Waals surface area contributed by atoms with Crippen molar-refractivity contribution in [1.29, 1.82) is 0 Å². The number of imidazole rings is 1. The third-order valence-corrected chi connectivity index (χ3v) is 6.41. The summed E-state index contributed by atoms with van der Waals surface area (Å²) in [6, 6.07) is 35.3. The molecule has 0 saturated carbocycles. The summed E-state index contributed by atoms with van der Waals surface area (Å²) in [7, 11) is 1.42. The summed E-state index contributed by atoms with van der Waals surface area (Å²) in [6.07, 6.45) is 3.06. The molecule has 0 fully saturated rings. The Kier molecular flexibility index (Phi) is 7.60. The van der Waals surface area contributed by atoms with Gasteiger partial charge in [0.05, 0.1) is 24.8 Å². The smallest absolute Gasteiger partial charge is 0.305 e. The number of carbonyl (C=O) groups excluding carboxylic acids is 1. The number of hydrogen-bond donors (Lipinski definition) is 0. The third-order valence-electron chi connectivity index (χ3n) is 6.41. The number of ether oxygens (including phenoxy) is 2. The highest BCUT2D eigenvalue weighted by atomic mass is 16.5. The van der Waals surface area contributed by atoms with Gasteiger partial charge < -0.3 is 9.47 Å². The lowest BCUT2D eigenvalue weighted by molar-refractivity contribution is -0.140. The first kappa shape index (κ1) is 24.3. The van der Waals surface area contributed by atoms with Gasteiger partial charge in [0.15, 0.2) is 0 Å². The molecule has 4 aromatic carbocycles. The number of esters is 1. The highest BCUT2D eigenvalue weighted by Gasteiger charge is 2.15. The number of benzene rings is 4. The van der Waals surface area contributed by atoms with Gasteiger partial charge in [-0.25, -0.2) is 4.98 Å². The summed E-state index contributed by atoms with van der Waals surface area (Å²) in [4.78, 5) is 16.3. The molecule has 0 aliphatic rings. The molecule has 0 saturated heterocycles. The van der Waals surface area contributed by atoms with Crippen molar-refractivity contribution in [2.45, 2.75) is 25.7 Å². The fourth-order valence-corrected chi connectivity index (χ4v) is 4.46. The van der Waals surface area contributed by atoms with Crippen LogP contribution in [0.15, 0.2) is 103 Å². The fourth-order valence-electron chi connectivity index (χ4n) is 4.46. The molecule has 0 aliphatic heterocycles. The fraction of sp³-hybridized carbons (Fsp3) is 0.188. The largest absolute Gasteiger partial charge is 0.494 e. The lowest BCUT2D eigenvalue weighted by Crippen LogP contribution is -2.01. The highest BCUT2D eigenvalue weighted by molar-refractivity contribution is 5.84. The summed E-state index contributed by atoms with van der Waals surface area (Å²) in [6.45, 7) is 0.595. The first-order chi connectivity index (χ1) is 18.2. The van der Waals surface area contributed by atoms with E-state index in [4.69, 9.17) is 14.5 Å². The van der Waals surface area contributed by atoms with Crippen LogP contribution in [0.3, 0.4) is 0 Å². The molecule has 0 aliphatic carbocycles. The van der Waals surface area contributed by atoms with Crippen molar-refractivity contribution in [1.82, 2.24) is 9.55 Å². The van der Waals surface area contributed by atoms with Gasteiger partial charge in [-0.1, -0.05) is 72.8 Å². The Morgan fingerprint density at radius 3 is 2.14 bits per heavy atom.